The van der Waals surface area contributed by atoms with Crippen LogP contribution in [0.4, 0.5) is 0 Å². The third-order valence-corrected chi connectivity index (χ3v) is 7.47. The van der Waals surface area contributed by atoms with Crippen molar-refractivity contribution in [2.75, 3.05) is 19.8 Å². The Morgan fingerprint density at radius 3 is 2.68 bits per heavy atom. The first kappa shape index (κ1) is 24.0. The Balaban J connectivity index is 1.97. The fraction of sp³-hybridized carbons (Fsp3) is 0.870. The van der Waals surface area contributed by atoms with Gasteiger partial charge in [-0.05, 0) is 32.1 Å². The first-order chi connectivity index (χ1) is 14.9. The number of carbonyl (C=O) groups is 3. The highest BCUT2D eigenvalue weighted by molar-refractivity contribution is 5.98. The predicted molar refractivity (Wildman–Crippen MR) is 114 cm³/mol. The second kappa shape index (κ2) is 9.86. The van der Waals surface area contributed by atoms with Gasteiger partial charge in [0.05, 0.1) is 37.2 Å². The Morgan fingerprint density at radius 2 is 2.06 bits per heavy atom. The van der Waals surface area contributed by atoms with Gasteiger partial charge in [0.2, 0.25) is 11.8 Å². The number of ether oxygens (including phenoxy) is 2. The molecule has 3 fully saturated rings. The molecule has 176 valence electrons. The summed E-state index contributed by atoms with van der Waals surface area (Å²) in [7, 11) is 0. The largest absolute Gasteiger partial charge is 0.466 e. The molecular weight excluding hydrogens is 400 g/mol. The van der Waals surface area contributed by atoms with Crippen molar-refractivity contribution in [2.45, 2.75) is 90.0 Å². The molecule has 3 rings (SSSR count). The molecule has 0 aliphatic carbocycles. The molecule has 3 heterocycles. The number of amides is 2. The number of nitrogens with one attached hydrogen (secondary N) is 1. The SMILES string of the molecule is CCCCCNC(=O)[C@@H]1N([C@@H](CO)[C@@H](C)CC)C(=O)[C@H]2[C@H](C(=O)OCC)[C@@H]3CC[C@]12O3. The Morgan fingerprint density at radius 1 is 1.32 bits per heavy atom. The zero-order chi connectivity index (χ0) is 22.8. The lowest BCUT2D eigenvalue weighted by Crippen LogP contribution is -2.59. The van der Waals surface area contributed by atoms with Gasteiger partial charge in [0.1, 0.15) is 11.6 Å². The van der Waals surface area contributed by atoms with Gasteiger partial charge in [-0.25, -0.2) is 0 Å². The molecule has 2 amide bonds. The summed E-state index contributed by atoms with van der Waals surface area (Å²) in [5.41, 5.74) is -1.03. The molecule has 31 heavy (non-hydrogen) atoms. The van der Waals surface area contributed by atoms with E-state index in [-0.39, 0.29) is 30.9 Å². The number of aliphatic hydroxyl groups excluding tert-OH is 1. The number of aliphatic hydroxyl groups is 1. The summed E-state index contributed by atoms with van der Waals surface area (Å²) >= 11 is 0. The standard InChI is InChI=1S/C23H38N2O6/c1-5-8-9-12-24-20(27)19-23-11-10-16(31-23)17(22(29)30-7-3)18(23)21(28)25(19)15(13-26)14(4)6-2/h14-19,26H,5-13H2,1-4H3,(H,24,27)/t14-,15-,16-,17+,18+,19-,23+/m0/s1. The van der Waals surface area contributed by atoms with Crippen molar-refractivity contribution in [1.82, 2.24) is 10.2 Å². The monoisotopic (exact) mass is 438 g/mol. The second-order valence-corrected chi connectivity index (χ2v) is 9.19. The first-order valence-corrected chi connectivity index (χ1v) is 11.9. The van der Waals surface area contributed by atoms with E-state index in [4.69, 9.17) is 9.47 Å². The lowest BCUT2D eigenvalue weighted by Gasteiger charge is -2.38. The van der Waals surface area contributed by atoms with Crippen LogP contribution in [0, 0.1) is 17.8 Å². The van der Waals surface area contributed by atoms with Crippen molar-refractivity contribution in [2.24, 2.45) is 17.8 Å². The van der Waals surface area contributed by atoms with E-state index < -0.39 is 41.6 Å². The summed E-state index contributed by atoms with van der Waals surface area (Å²) in [4.78, 5) is 41.5. The highest BCUT2D eigenvalue weighted by Crippen LogP contribution is 2.59. The van der Waals surface area contributed by atoms with Crippen LogP contribution in [0.5, 0.6) is 0 Å². The van der Waals surface area contributed by atoms with Crippen molar-refractivity contribution in [1.29, 1.82) is 0 Å². The number of hydrogen-bond donors (Lipinski definition) is 2. The number of nitrogens with zero attached hydrogens (tertiary/aromatic N) is 1. The van der Waals surface area contributed by atoms with E-state index in [2.05, 4.69) is 12.2 Å². The Bertz CT molecular complexity index is 685. The summed E-state index contributed by atoms with van der Waals surface area (Å²) in [6.45, 7) is 8.32. The molecule has 0 aromatic rings. The van der Waals surface area contributed by atoms with Crippen molar-refractivity contribution in [3.8, 4) is 0 Å². The Hall–Kier alpha value is -1.67. The Kier molecular flexibility index (Phi) is 7.63. The molecule has 0 unspecified atom stereocenters. The Labute approximate surface area is 185 Å². The quantitative estimate of drug-likeness (QED) is 0.375. The van der Waals surface area contributed by atoms with Crippen LogP contribution in [0.15, 0.2) is 0 Å². The second-order valence-electron chi connectivity index (χ2n) is 9.19. The third kappa shape index (κ3) is 3.97. The van der Waals surface area contributed by atoms with Crippen molar-refractivity contribution in [3.05, 3.63) is 0 Å². The van der Waals surface area contributed by atoms with E-state index in [1.165, 1.54) is 0 Å². The molecule has 8 nitrogen and oxygen atoms in total. The average molecular weight is 439 g/mol. The molecule has 2 N–H and O–H groups in total. The van der Waals surface area contributed by atoms with Crippen molar-refractivity contribution in [3.63, 3.8) is 0 Å². The lowest BCUT2D eigenvalue weighted by molar-refractivity contribution is -0.155. The van der Waals surface area contributed by atoms with Crippen LogP contribution in [0.1, 0.15) is 66.2 Å². The number of fused-ring (bicyclic) bond motifs is 1. The maximum absolute atomic E-state index is 13.7. The lowest BCUT2D eigenvalue weighted by atomic mass is 9.70. The van der Waals surface area contributed by atoms with E-state index in [1.807, 2.05) is 13.8 Å². The van der Waals surface area contributed by atoms with Gasteiger partial charge >= 0.3 is 5.97 Å². The van der Waals surface area contributed by atoms with E-state index in [9.17, 15) is 19.5 Å². The molecule has 0 saturated carbocycles. The molecule has 3 aliphatic heterocycles. The van der Waals surface area contributed by atoms with Crippen LogP contribution in [-0.2, 0) is 23.9 Å². The summed E-state index contributed by atoms with van der Waals surface area (Å²) in [6.07, 6.45) is 4.44. The van der Waals surface area contributed by atoms with Crippen molar-refractivity contribution >= 4 is 17.8 Å². The molecule has 1 spiro atoms. The van der Waals surface area contributed by atoms with Gasteiger partial charge < -0.3 is 24.8 Å². The highest BCUT2D eigenvalue weighted by atomic mass is 16.6. The van der Waals surface area contributed by atoms with Crippen LogP contribution in [0.3, 0.4) is 0 Å². The number of esters is 1. The van der Waals surface area contributed by atoms with Gasteiger partial charge in [0.25, 0.3) is 0 Å². The summed E-state index contributed by atoms with van der Waals surface area (Å²) in [5, 5.41) is 13.2. The molecule has 3 aliphatic rings. The normalized spacial score (nSPS) is 33.3. The minimum absolute atomic E-state index is 0.00203. The molecule has 0 radical (unpaired) electrons. The number of likely N-dealkylation sites (tertiary alicyclic amines) is 1. The van der Waals surface area contributed by atoms with E-state index in [0.717, 1.165) is 25.7 Å². The fourth-order valence-electron chi connectivity index (χ4n) is 5.75. The molecule has 3 saturated heterocycles. The van der Waals surface area contributed by atoms with Crippen molar-refractivity contribution < 1.29 is 29.0 Å². The summed E-state index contributed by atoms with van der Waals surface area (Å²) < 4.78 is 11.6. The van der Waals surface area contributed by atoms with Crippen LogP contribution in [0.2, 0.25) is 0 Å². The number of hydrogen-bond acceptors (Lipinski definition) is 6. The molecule has 0 aromatic heterocycles. The van der Waals surface area contributed by atoms with Crippen LogP contribution < -0.4 is 5.32 Å². The molecule has 2 bridgehead atoms. The first-order valence-electron chi connectivity index (χ1n) is 11.9. The zero-order valence-electron chi connectivity index (χ0n) is 19.3. The number of carbonyl (C=O) groups excluding carboxylic acids is 3. The summed E-state index contributed by atoms with van der Waals surface area (Å²) in [5.74, 6) is -2.39. The molecule has 8 heteroatoms. The van der Waals surface area contributed by atoms with Crippen LogP contribution >= 0.6 is 0 Å². The van der Waals surface area contributed by atoms with Crippen LogP contribution in [0.25, 0.3) is 0 Å². The third-order valence-electron chi connectivity index (χ3n) is 7.47. The maximum atomic E-state index is 13.7. The maximum Gasteiger partial charge on any atom is 0.312 e. The van der Waals surface area contributed by atoms with Gasteiger partial charge in [0.15, 0.2) is 0 Å². The van der Waals surface area contributed by atoms with E-state index >= 15 is 0 Å². The van der Waals surface area contributed by atoms with Gasteiger partial charge in [-0.1, -0.05) is 40.0 Å². The summed E-state index contributed by atoms with van der Waals surface area (Å²) in [6, 6.07) is -1.35. The van der Waals surface area contributed by atoms with Gasteiger partial charge in [-0.2, -0.15) is 0 Å². The minimum atomic E-state index is -1.03. The predicted octanol–water partition coefficient (Wildman–Crippen LogP) is 1.64. The number of unbranched alkanes of at least 4 members (excludes halogenated alkanes) is 2. The topological polar surface area (TPSA) is 105 Å². The number of rotatable bonds is 11. The highest BCUT2D eigenvalue weighted by Gasteiger charge is 2.75. The minimum Gasteiger partial charge on any atom is -0.466 e. The van der Waals surface area contributed by atoms with Gasteiger partial charge in [0, 0.05) is 6.54 Å². The van der Waals surface area contributed by atoms with Gasteiger partial charge in [-0.15, -0.1) is 0 Å². The molecule has 7 atom stereocenters. The van der Waals surface area contributed by atoms with E-state index in [1.54, 1.807) is 11.8 Å². The van der Waals surface area contributed by atoms with E-state index in [0.29, 0.717) is 19.4 Å². The average Bonchev–Trinajstić information content (AvgIpc) is 3.39. The zero-order valence-corrected chi connectivity index (χ0v) is 19.3. The fourth-order valence-corrected chi connectivity index (χ4v) is 5.75. The van der Waals surface area contributed by atoms with Gasteiger partial charge in [-0.3, -0.25) is 14.4 Å². The molecular formula is C23H38N2O6. The van der Waals surface area contributed by atoms with Crippen LogP contribution in [-0.4, -0.2) is 71.3 Å². The smallest absolute Gasteiger partial charge is 0.312 e. The molecule has 0 aromatic carbocycles.